The molecule has 0 aliphatic heterocycles. The Morgan fingerprint density at radius 1 is 1.09 bits per heavy atom. The molecular formula is C15H17NO6. The lowest BCUT2D eigenvalue weighted by Crippen LogP contribution is -2.07. The number of carbonyl (C=O) groups excluding carboxylic acids is 1. The highest BCUT2D eigenvalue weighted by molar-refractivity contribution is 5.91. The van der Waals surface area contributed by atoms with Crippen LogP contribution in [0.1, 0.15) is 21.8 Å². The highest BCUT2D eigenvalue weighted by Gasteiger charge is 2.18. The number of hydrogen-bond donors (Lipinski definition) is 0. The first-order chi connectivity index (χ1) is 10.6. The van der Waals surface area contributed by atoms with Crippen LogP contribution >= 0.6 is 0 Å². The Balaban J connectivity index is 2.18. The minimum Gasteiger partial charge on any atom is -0.493 e. The van der Waals surface area contributed by atoms with Crippen molar-refractivity contribution in [2.75, 3.05) is 21.3 Å². The molecule has 0 aliphatic rings. The fraction of sp³-hybridized carbons (Fsp3) is 0.333. The Bertz CT molecular complexity index is 639. The standard InChI is InChI=1S/C15H17NO6/c1-9-5-11(16-22-9)8-21-15(17)10-6-12(18-2)14(20-4)13(7-10)19-3/h5-7H,8H2,1-4H3. The third-order valence-electron chi connectivity index (χ3n) is 2.93. The van der Waals surface area contributed by atoms with Gasteiger partial charge in [0, 0.05) is 6.07 Å². The molecule has 0 fully saturated rings. The van der Waals surface area contributed by atoms with Crippen molar-refractivity contribution >= 4 is 5.97 Å². The van der Waals surface area contributed by atoms with Gasteiger partial charge in [0.15, 0.2) is 11.5 Å². The van der Waals surface area contributed by atoms with E-state index in [-0.39, 0.29) is 12.2 Å². The van der Waals surface area contributed by atoms with Gasteiger partial charge in [-0.05, 0) is 19.1 Å². The second-order valence-corrected chi connectivity index (χ2v) is 4.42. The third kappa shape index (κ3) is 3.30. The van der Waals surface area contributed by atoms with Gasteiger partial charge in [-0.15, -0.1) is 0 Å². The number of hydrogen-bond acceptors (Lipinski definition) is 7. The fourth-order valence-corrected chi connectivity index (χ4v) is 1.91. The Labute approximate surface area is 127 Å². The van der Waals surface area contributed by atoms with E-state index in [1.54, 1.807) is 13.0 Å². The van der Waals surface area contributed by atoms with Crippen molar-refractivity contribution in [1.29, 1.82) is 0 Å². The minimum absolute atomic E-state index is 0.0207. The lowest BCUT2D eigenvalue weighted by atomic mass is 10.2. The van der Waals surface area contributed by atoms with Crippen molar-refractivity contribution in [3.63, 3.8) is 0 Å². The molecule has 2 rings (SSSR count). The van der Waals surface area contributed by atoms with Crippen LogP contribution in [0.5, 0.6) is 17.2 Å². The normalized spacial score (nSPS) is 10.2. The summed E-state index contributed by atoms with van der Waals surface area (Å²) in [6, 6.07) is 4.75. The van der Waals surface area contributed by atoms with Gasteiger partial charge in [0.25, 0.3) is 0 Å². The Hall–Kier alpha value is -2.70. The van der Waals surface area contributed by atoms with Crippen molar-refractivity contribution in [3.8, 4) is 17.2 Å². The quantitative estimate of drug-likeness (QED) is 0.758. The minimum atomic E-state index is -0.528. The SMILES string of the molecule is COc1cc(C(=O)OCc2cc(C)on2)cc(OC)c1OC. The molecule has 0 radical (unpaired) electrons. The van der Waals surface area contributed by atoms with Crippen LogP contribution in [-0.4, -0.2) is 32.5 Å². The zero-order valence-corrected chi connectivity index (χ0v) is 12.8. The van der Waals surface area contributed by atoms with Gasteiger partial charge in [0.05, 0.1) is 26.9 Å². The van der Waals surface area contributed by atoms with Gasteiger partial charge >= 0.3 is 5.97 Å². The summed E-state index contributed by atoms with van der Waals surface area (Å²) < 4.78 is 25.7. The summed E-state index contributed by atoms with van der Waals surface area (Å²) in [6.07, 6.45) is 0. The van der Waals surface area contributed by atoms with Gasteiger partial charge in [-0.25, -0.2) is 4.79 Å². The third-order valence-corrected chi connectivity index (χ3v) is 2.93. The maximum absolute atomic E-state index is 12.1. The first-order valence-electron chi connectivity index (χ1n) is 6.48. The van der Waals surface area contributed by atoms with Crippen LogP contribution in [0.15, 0.2) is 22.7 Å². The molecule has 7 heteroatoms. The zero-order chi connectivity index (χ0) is 16.1. The molecular weight excluding hydrogens is 290 g/mol. The average Bonchev–Trinajstić information content (AvgIpc) is 2.96. The van der Waals surface area contributed by atoms with Gasteiger partial charge < -0.3 is 23.5 Å². The van der Waals surface area contributed by atoms with Crippen LogP contribution in [0, 0.1) is 6.92 Å². The summed E-state index contributed by atoms with van der Waals surface area (Å²) in [5.74, 6) is 1.30. The van der Waals surface area contributed by atoms with E-state index in [0.717, 1.165) is 0 Å². The van der Waals surface area contributed by atoms with E-state index in [4.69, 9.17) is 23.5 Å². The van der Waals surface area contributed by atoms with Crippen LogP contribution in [0.4, 0.5) is 0 Å². The second kappa shape index (κ2) is 6.84. The smallest absolute Gasteiger partial charge is 0.338 e. The lowest BCUT2D eigenvalue weighted by Gasteiger charge is -2.13. The number of nitrogens with zero attached hydrogens (tertiary/aromatic N) is 1. The number of esters is 1. The molecule has 0 bridgehead atoms. The zero-order valence-electron chi connectivity index (χ0n) is 12.8. The summed E-state index contributed by atoms with van der Waals surface area (Å²) >= 11 is 0. The van der Waals surface area contributed by atoms with E-state index in [2.05, 4.69) is 5.16 Å². The summed E-state index contributed by atoms with van der Waals surface area (Å²) in [4.78, 5) is 12.1. The van der Waals surface area contributed by atoms with E-state index in [9.17, 15) is 4.79 Å². The van der Waals surface area contributed by atoms with Crippen LogP contribution in [0.2, 0.25) is 0 Å². The molecule has 0 saturated carbocycles. The number of rotatable bonds is 6. The predicted molar refractivity (Wildman–Crippen MR) is 76.5 cm³/mol. The lowest BCUT2D eigenvalue weighted by molar-refractivity contribution is 0.0463. The maximum Gasteiger partial charge on any atom is 0.338 e. The van der Waals surface area contributed by atoms with E-state index < -0.39 is 5.97 Å². The highest BCUT2D eigenvalue weighted by atomic mass is 16.5. The van der Waals surface area contributed by atoms with E-state index in [1.165, 1.54) is 33.5 Å². The molecule has 0 amide bonds. The number of benzene rings is 1. The highest BCUT2D eigenvalue weighted by Crippen LogP contribution is 2.38. The van der Waals surface area contributed by atoms with Gasteiger partial charge in [0.2, 0.25) is 5.75 Å². The van der Waals surface area contributed by atoms with Gasteiger partial charge in [-0.2, -0.15) is 0 Å². The van der Waals surface area contributed by atoms with Gasteiger partial charge in [0.1, 0.15) is 18.1 Å². The molecule has 1 aromatic carbocycles. The van der Waals surface area contributed by atoms with E-state index in [1.807, 2.05) is 0 Å². The number of carbonyl (C=O) groups is 1. The molecule has 22 heavy (non-hydrogen) atoms. The van der Waals surface area contributed by atoms with Crippen LogP contribution in [0.3, 0.4) is 0 Å². The average molecular weight is 307 g/mol. The molecule has 2 aromatic rings. The van der Waals surface area contributed by atoms with Crippen LogP contribution < -0.4 is 14.2 Å². The van der Waals surface area contributed by atoms with Crippen molar-refractivity contribution < 1.29 is 28.3 Å². The monoisotopic (exact) mass is 307 g/mol. The van der Waals surface area contributed by atoms with Crippen molar-refractivity contribution in [3.05, 3.63) is 35.2 Å². The topological polar surface area (TPSA) is 80.0 Å². The van der Waals surface area contributed by atoms with E-state index >= 15 is 0 Å². The summed E-state index contributed by atoms with van der Waals surface area (Å²) in [7, 11) is 4.44. The van der Waals surface area contributed by atoms with Crippen molar-refractivity contribution in [1.82, 2.24) is 5.16 Å². The van der Waals surface area contributed by atoms with E-state index in [0.29, 0.717) is 28.7 Å². The predicted octanol–water partition coefficient (Wildman–Crippen LogP) is 2.37. The van der Waals surface area contributed by atoms with Gasteiger partial charge in [-0.3, -0.25) is 0 Å². The molecule has 1 heterocycles. The first-order valence-corrected chi connectivity index (χ1v) is 6.48. The molecule has 7 nitrogen and oxygen atoms in total. The summed E-state index contributed by atoms with van der Waals surface area (Å²) in [5, 5.41) is 3.75. The first kappa shape index (κ1) is 15.7. The largest absolute Gasteiger partial charge is 0.493 e. The van der Waals surface area contributed by atoms with Crippen molar-refractivity contribution in [2.24, 2.45) is 0 Å². The fourth-order valence-electron chi connectivity index (χ4n) is 1.91. The molecule has 1 aromatic heterocycles. The number of aromatic nitrogens is 1. The maximum atomic E-state index is 12.1. The Kier molecular flexibility index (Phi) is 4.88. The molecule has 0 aliphatic carbocycles. The van der Waals surface area contributed by atoms with Gasteiger partial charge in [-0.1, -0.05) is 5.16 Å². The molecule has 0 atom stereocenters. The Morgan fingerprint density at radius 3 is 2.18 bits per heavy atom. The Morgan fingerprint density at radius 2 is 1.73 bits per heavy atom. The summed E-state index contributed by atoms with van der Waals surface area (Å²) in [5.41, 5.74) is 0.827. The van der Waals surface area contributed by atoms with Crippen molar-refractivity contribution in [2.45, 2.75) is 13.5 Å². The molecule has 118 valence electrons. The molecule has 0 N–H and O–H groups in total. The number of aryl methyl sites for hydroxylation is 1. The second-order valence-electron chi connectivity index (χ2n) is 4.42. The molecule has 0 unspecified atom stereocenters. The van der Waals surface area contributed by atoms with Crippen LogP contribution in [-0.2, 0) is 11.3 Å². The number of methoxy groups -OCH3 is 3. The molecule has 0 saturated heterocycles. The summed E-state index contributed by atoms with van der Waals surface area (Å²) in [6.45, 7) is 1.78. The van der Waals surface area contributed by atoms with Crippen LogP contribution in [0.25, 0.3) is 0 Å². The molecule has 0 spiro atoms. The number of ether oxygens (including phenoxy) is 4.